The minimum absolute atomic E-state index is 0.306. The number of methoxy groups -OCH3 is 1. The number of hydrogen-bond donors (Lipinski definition) is 0. The summed E-state index contributed by atoms with van der Waals surface area (Å²) in [6.07, 6.45) is 0. The quantitative estimate of drug-likeness (QED) is 0.118. The molecule has 2 nitrogen and oxygen atoms in total. The number of rotatable bonds is 6. The molecule has 0 radical (unpaired) electrons. The summed E-state index contributed by atoms with van der Waals surface area (Å²) < 4.78 is 17.7. The third-order valence-electron chi connectivity index (χ3n) is 5.99. The molecule has 5 aromatic carbocycles. The van der Waals surface area contributed by atoms with Gasteiger partial charge in [0.1, 0.15) is 21.7 Å². The molecule has 0 heterocycles. The number of ether oxygens (including phenoxy) is 1. The van der Waals surface area contributed by atoms with E-state index in [1.165, 1.54) is 35.2 Å². The molecule has 190 valence electrons. The molecule has 0 amide bonds. The van der Waals surface area contributed by atoms with Crippen molar-refractivity contribution in [2.45, 2.75) is 5.33 Å². The van der Waals surface area contributed by atoms with Crippen molar-refractivity contribution < 1.29 is 13.9 Å². The average Bonchev–Trinajstić information content (AvgIpc) is 2.99. The largest absolute Gasteiger partial charge is 0.465 e. The van der Waals surface area contributed by atoms with E-state index in [9.17, 15) is 9.18 Å². The van der Waals surface area contributed by atoms with Gasteiger partial charge in [-0.05, 0) is 77.4 Å². The number of carbonyl (C=O) groups excluding carboxylic acids is 1. The van der Waals surface area contributed by atoms with Gasteiger partial charge < -0.3 is 4.74 Å². The van der Waals surface area contributed by atoms with E-state index in [1.807, 2.05) is 12.1 Å². The van der Waals surface area contributed by atoms with Gasteiger partial charge in [-0.25, -0.2) is 9.18 Å². The lowest BCUT2D eigenvalue weighted by molar-refractivity contribution is 0.0601. The molecule has 0 fully saturated rings. The lowest BCUT2D eigenvalue weighted by Crippen LogP contribution is -2.20. The van der Waals surface area contributed by atoms with Crippen LogP contribution in [0.25, 0.3) is 11.1 Å². The fourth-order valence-electron chi connectivity index (χ4n) is 4.15. The van der Waals surface area contributed by atoms with E-state index in [4.69, 9.17) is 4.74 Å². The van der Waals surface area contributed by atoms with Crippen LogP contribution in [0.5, 0.6) is 0 Å². The molecule has 5 heteroatoms. The van der Waals surface area contributed by atoms with Gasteiger partial charge in [-0.3, -0.25) is 0 Å². The van der Waals surface area contributed by atoms with Gasteiger partial charge in [0.15, 0.2) is 0 Å². The fraction of sp³-hybridized carbons (Fsp3) is 0.0606. The van der Waals surface area contributed by atoms with Crippen LogP contribution in [-0.2, 0) is 10.1 Å². The summed E-state index contributed by atoms with van der Waals surface area (Å²) in [5, 5.41) is 4.99. The first kappa shape index (κ1) is 27.4. The van der Waals surface area contributed by atoms with E-state index in [-0.39, 0.29) is 5.82 Å². The molecule has 0 unspecified atom stereocenters. The second-order valence-corrected chi connectivity index (χ2v) is 11.5. The summed E-state index contributed by atoms with van der Waals surface area (Å²) >= 11 is 3.38. The summed E-state index contributed by atoms with van der Waals surface area (Å²) in [4.78, 5) is 11.8. The second-order valence-electron chi connectivity index (χ2n) is 8.49. The Morgan fingerprint density at radius 3 is 1.61 bits per heavy atom. The summed E-state index contributed by atoms with van der Waals surface area (Å²) in [5.41, 5.74) is 3.03. The Hall–Kier alpha value is -3.59. The molecule has 5 aromatic rings. The monoisotopic (exact) mass is 585 g/mol. The van der Waals surface area contributed by atoms with Crippen LogP contribution >= 0.6 is 23.9 Å². The van der Waals surface area contributed by atoms with Crippen LogP contribution in [0.4, 0.5) is 4.39 Å². The van der Waals surface area contributed by atoms with Gasteiger partial charge >= 0.3 is 5.97 Å². The lowest BCUT2D eigenvalue weighted by Gasteiger charge is -2.10. The van der Waals surface area contributed by atoms with E-state index in [2.05, 4.69) is 107 Å². The van der Waals surface area contributed by atoms with Crippen LogP contribution in [-0.4, -0.2) is 13.1 Å². The maximum atomic E-state index is 13.0. The third kappa shape index (κ3) is 7.04. The van der Waals surface area contributed by atoms with E-state index in [0.29, 0.717) is 10.9 Å². The van der Waals surface area contributed by atoms with Crippen LogP contribution in [0.2, 0.25) is 0 Å². The van der Waals surface area contributed by atoms with E-state index in [0.717, 1.165) is 16.7 Å². The van der Waals surface area contributed by atoms with Crippen LogP contribution in [0.15, 0.2) is 133 Å². The average molecular weight is 586 g/mol. The smallest absolute Gasteiger partial charge is 0.338 e. The van der Waals surface area contributed by atoms with E-state index < -0.39 is 13.9 Å². The number of benzene rings is 5. The van der Waals surface area contributed by atoms with Gasteiger partial charge in [-0.15, -0.1) is 0 Å². The highest BCUT2D eigenvalue weighted by Gasteiger charge is 2.24. The van der Waals surface area contributed by atoms with E-state index in [1.54, 1.807) is 18.2 Å². The normalized spacial score (nSPS) is 10.4. The molecule has 0 spiro atoms. The molecule has 0 aliphatic heterocycles. The maximum Gasteiger partial charge on any atom is 0.338 e. The number of carbonyl (C=O) groups is 1. The molecule has 5 rings (SSSR count). The number of alkyl halides is 1. The minimum atomic E-state index is -0.877. The summed E-state index contributed by atoms with van der Waals surface area (Å²) in [6, 6.07) is 44.0. The second kappa shape index (κ2) is 13.8. The number of esters is 1. The molecule has 0 atom stereocenters. The van der Waals surface area contributed by atoms with Crippen molar-refractivity contribution in [1.82, 2.24) is 0 Å². The predicted octanol–water partition coefficient (Wildman–Crippen LogP) is 7.35. The molecule has 0 N–H and O–H groups in total. The highest BCUT2D eigenvalue weighted by molar-refractivity contribution is 9.08. The molecule has 0 bridgehead atoms. The standard InChI is InChI=1S/C18H15P.C15H12BrFO2/c1-4-10-16(11-5-1)19(17-12-6-2-7-13-17)18-14-8-3-9-15-18;1-19-15(18)13-7-2-10(9-16)8-14(13)11-3-5-12(17)6-4-11/h1-15H;2-8H,9H2,1H3/p+1. The highest BCUT2D eigenvalue weighted by atomic mass is 79.9. The highest BCUT2D eigenvalue weighted by Crippen LogP contribution is 2.32. The Bertz CT molecular complexity index is 1350. The van der Waals surface area contributed by atoms with Crippen molar-refractivity contribution in [3.8, 4) is 11.1 Å². The minimum Gasteiger partial charge on any atom is -0.465 e. The SMILES string of the molecule is COC(=O)c1ccc(CBr)cc1-c1ccc(F)cc1.c1ccc([PH+](c2ccccc2)c2ccccc2)cc1. The molecule has 0 aliphatic rings. The van der Waals surface area contributed by atoms with Crippen molar-refractivity contribution in [1.29, 1.82) is 0 Å². The number of halogens is 2. The molecular formula is C33H28BrFO2P+. The zero-order valence-electron chi connectivity index (χ0n) is 21.0. The maximum absolute atomic E-state index is 13.0. The summed E-state index contributed by atoms with van der Waals surface area (Å²) in [7, 11) is 0.465. The predicted molar refractivity (Wildman–Crippen MR) is 162 cm³/mol. The Morgan fingerprint density at radius 2 is 1.18 bits per heavy atom. The van der Waals surface area contributed by atoms with Gasteiger partial charge in [-0.2, -0.15) is 0 Å². The Labute approximate surface area is 233 Å². The fourth-order valence-corrected chi connectivity index (χ4v) is 7.07. The first-order valence-electron chi connectivity index (χ1n) is 12.2. The Kier molecular flexibility index (Phi) is 9.97. The van der Waals surface area contributed by atoms with Gasteiger partial charge in [-0.1, -0.05) is 88.7 Å². The molecule has 0 saturated heterocycles. The zero-order chi connectivity index (χ0) is 26.7. The van der Waals surface area contributed by atoms with Crippen molar-refractivity contribution in [2.75, 3.05) is 7.11 Å². The van der Waals surface area contributed by atoms with Crippen LogP contribution in [0.1, 0.15) is 15.9 Å². The third-order valence-corrected chi connectivity index (χ3v) is 9.37. The first-order chi connectivity index (χ1) is 18.6. The van der Waals surface area contributed by atoms with Crippen molar-refractivity contribution in [3.63, 3.8) is 0 Å². The topological polar surface area (TPSA) is 26.3 Å². The molecule has 0 aromatic heterocycles. The molecule has 0 aliphatic carbocycles. The molecule has 38 heavy (non-hydrogen) atoms. The zero-order valence-corrected chi connectivity index (χ0v) is 23.6. The van der Waals surface area contributed by atoms with Gasteiger partial charge in [0.2, 0.25) is 0 Å². The van der Waals surface area contributed by atoms with Crippen LogP contribution in [0, 0.1) is 5.82 Å². The summed E-state index contributed by atoms with van der Waals surface area (Å²) in [6.45, 7) is 0. The summed E-state index contributed by atoms with van der Waals surface area (Å²) in [5.74, 6) is -0.708. The van der Waals surface area contributed by atoms with Crippen LogP contribution in [0.3, 0.4) is 0 Å². The Morgan fingerprint density at radius 1 is 0.711 bits per heavy atom. The number of hydrogen-bond acceptors (Lipinski definition) is 2. The van der Waals surface area contributed by atoms with Gasteiger partial charge in [0.05, 0.1) is 20.6 Å². The molecule has 0 saturated carbocycles. The van der Waals surface area contributed by atoms with Crippen LogP contribution < -0.4 is 15.9 Å². The molecular weight excluding hydrogens is 558 g/mol. The Balaban J connectivity index is 0.000000177. The van der Waals surface area contributed by atoms with E-state index >= 15 is 0 Å². The van der Waals surface area contributed by atoms with Crippen molar-refractivity contribution in [2.24, 2.45) is 0 Å². The van der Waals surface area contributed by atoms with Gasteiger partial charge in [0.25, 0.3) is 0 Å². The lowest BCUT2D eigenvalue weighted by atomic mass is 9.97. The van der Waals surface area contributed by atoms with Gasteiger partial charge in [0, 0.05) is 5.33 Å². The first-order valence-corrected chi connectivity index (χ1v) is 14.8. The van der Waals surface area contributed by atoms with Crippen molar-refractivity contribution in [3.05, 3.63) is 150 Å². The van der Waals surface area contributed by atoms with Crippen molar-refractivity contribution >= 4 is 45.7 Å².